The summed E-state index contributed by atoms with van der Waals surface area (Å²) in [6.45, 7) is 12.6. The summed E-state index contributed by atoms with van der Waals surface area (Å²) < 4.78 is 27.5. The smallest absolute Gasteiger partial charge is 0.240 e. The molecule has 1 saturated heterocycles. The zero-order chi connectivity index (χ0) is 20.0. The Labute approximate surface area is 164 Å². The summed E-state index contributed by atoms with van der Waals surface area (Å²) in [5.41, 5.74) is 1.74. The van der Waals surface area contributed by atoms with Gasteiger partial charge in [-0.3, -0.25) is 9.69 Å². The number of nitrogens with one attached hydrogen (secondary N) is 1. The first-order valence-corrected chi connectivity index (χ1v) is 11.2. The number of hydrogen-bond donors (Lipinski definition) is 1. The molecular formula is C20H33N3O3S. The molecule has 27 heavy (non-hydrogen) atoms. The maximum absolute atomic E-state index is 12.4. The lowest BCUT2D eigenvalue weighted by molar-refractivity contribution is -0.132. The molecule has 152 valence electrons. The van der Waals surface area contributed by atoms with Crippen molar-refractivity contribution in [1.82, 2.24) is 14.5 Å². The number of piperazine rings is 1. The van der Waals surface area contributed by atoms with E-state index in [1.54, 1.807) is 19.1 Å². The molecule has 0 aromatic heterocycles. The van der Waals surface area contributed by atoms with Gasteiger partial charge in [0.2, 0.25) is 15.9 Å². The van der Waals surface area contributed by atoms with Crippen LogP contribution < -0.4 is 4.72 Å². The van der Waals surface area contributed by atoms with Gasteiger partial charge < -0.3 is 4.90 Å². The van der Waals surface area contributed by atoms with E-state index in [1.807, 2.05) is 17.9 Å². The van der Waals surface area contributed by atoms with Crippen molar-refractivity contribution in [2.24, 2.45) is 5.92 Å². The summed E-state index contributed by atoms with van der Waals surface area (Å²) in [6.07, 6.45) is 1.37. The molecule has 1 heterocycles. The average molecular weight is 396 g/mol. The number of aryl methyl sites for hydroxylation is 2. The quantitative estimate of drug-likeness (QED) is 0.732. The van der Waals surface area contributed by atoms with Crippen molar-refractivity contribution >= 4 is 15.9 Å². The van der Waals surface area contributed by atoms with Gasteiger partial charge in [-0.25, -0.2) is 13.1 Å². The highest BCUT2D eigenvalue weighted by Gasteiger charge is 2.22. The van der Waals surface area contributed by atoms with Crippen LogP contribution in [-0.4, -0.2) is 63.4 Å². The van der Waals surface area contributed by atoms with Crippen LogP contribution in [0.2, 0.25) is 0 Å². The van der Waals surface area contributed by atoms with Gasteiger partial charge in [-0.15, -0.1) is 0 Å². The lowest BCUT2D eigenvalue weighted by atomic mass is 10.1. The number of carbonyl (C=O) groups is 1. The largest absolute Gasteiger partial charge is 0.340 e. The van der Waals surface area contributed by atoms with Crippen molar-refractivity contribution in [3.63, 3.8) is 0 Å². The number of nitrogens with zero attached hydrogens (tertiary/aromatic N) is 2. The summed E-state index contributed by atoms with van der Waals surface area (Å²) in [5.74, 6) is 0.705. The third kappa shape index (κ3) is 6.59. The number of carbonyl (C=O) groups excluding carboxylic acids is 1. The van der Waals surface area contributed by atoms with Gasteiger partial charge in [-0.05, 0) is 44.4 Å². The minimum absolute atomic E-state index is 0.0156. The number of rotatable bonds is 8. The summed E-state index contributed by atoms with van der Waals surface area (Å²) in [4.78, 5) is 16.9. The highest BCUT2D eigenvalue weighted by molar-refractivity contribution is 7.89. The van der Waals surface area contributed by atoms with Crippen LogP contribution >= 0.6 is 0 Å². The predicted octanol–water partition coefficient (Wildman–Crippen LogP) is 2.16. The summed E-state index contributed by atoms with van der Waals surface area (Å²) in [6, 6.07) is 5.25. The lowest BCUT2D eigenvalue weighted by Crippen LogP contribution is -2.49. The van der Waals surface area contributed by atoms with Crippen LogP contribution in [-0.2, 0) is 14.8 Å². The molecule has 1 aliphatic heterocycles. The monoisotopic (exact) mass is 395 g/mol. The molecule has 1 aromatic carbocycles. The summed E-state index contributed by atoms with van der Waals surface area (Å²) in [7, 11) is -3.59. The van der Waals surface area contributed by atoms with E-state index in [0.717, 1.165) is 38.3 Å². The molecule has 6 nitrogen and oxygen atoms in total. The molecule has 1 aliphatic rings. The van der Waals surface area contributed by atoms with E-state index in [4.69, 9.17) is 0 Å². The van der Waals surface area contributed by atoms with E-state index in [9.17, 15) is 13.2 Å². The molecule has 1 amide bonds. The molecule has 1 N–H and O–H groups in total. The average Bonchev–Trinajstić information content (AvgIpc) is 2.59. The van der Waals surface area contributed by atoms with E-state index in [-0.39, 0.29) is 23.8 Å². The second-order valence-corrected chi connectivity index (χ2v) is 9.56. The van der Waals surface area contributed by atoms with Gasteiger partial charge in [-0.2, -0.15) is 0 Å². The summed E-state index contributed by atoms with van der Waals surface area (Å²) in [5, 5.41) is 0. The van der Waals surface area contributed by atoms with Crippen LogP contribution in [0.15, 0.2) is 23.1 Å². The topological polar surface area (TPSA) is 69.7 Å². The maximum Gasteiger partial charge on any atom is 0.240 e. The Morgan fingerprint density at radius 1 is 1.15 bits per heavy atom. The first-order chi connectivity index (χ1) is 12.7. The van der Waals surface area contributed by atoms with E-state index in [1.165, 1.54) is 6.42 Å². The molecule has 1 aromatic rings. The zero-order valence-corrected chi connectivity index (χ0v) is 17.8. The Balaban J connectivity index is 1.77. The highest BCUT2D eigenvalue weighted by Crippen LogP contribution is 2.16. The SMILES string of the molecule is Cc1ccc(S(=O)(=O)NCCC(=O)N2CCN(CCC(C)C)CC2)c(C)c1. The van der Waals surface area contributed by atoms with Crippen molar-refractivity contribution in [2.45, 2.75) is 45.4 Å². The Hall–Kier alpha value is -1.44. The Morgan fingerprint density at radius 3 is 2.41 bits per heavy atom. The molecule has 0 bridgehead atoms. The molecule has 1 fully saturated rings. The van der Waals surface area contributed by atoms with Crippen molar-refractivity contribution in [1.29, 1.82) is 0 Å². The van der Waals surface area contributed by atoms with E-state index < -0.39 is 10.0 Å². The van der Waals surface area contributed by atoms with Gasteiger partial charge in [0.25, 0.3) is 0 Å². The van der Waals surface area contributed by atoms with Crippen LogP contribution in [0.3, 0.4) is 0 Å². The van der Waals surface area contributed by atoms with E-state index in [2.05, 4.69) is 23.5 Å². The Morgan fingerprint density at radius 2 is 1.81 bits per heavy atom. The van der Waals surface area contributed by atoms with Gasteiger partial charge in [0, 0.05) is 39.1 Å². The molecule has 0 radical (unpaired) electrons. The first kappa shape index (κ1) is 21.9. The molecule has 0 atom stereocenters. The molecule has 0 saturated carbocycles. The second-order valence-electron chi connectivity index (χ2n) is 7.82. The van der Waals surface area contributed by atoms with Crippen LogP contribution in [0.4, 0.5) is 0 Å². The molecular weight excluding hydrogens is 362 g/mol. The minimum Gasteiger partial charge on any atom is -0.340 e. The van der Waals surface area contributed by atoms with Crippen LogP contribution in [0.1, 0.15) is 37.8 Å². The van der Waals surface area contributed by atoms with Gasteiger partial charge in [-0.1, -0.05) is 31.5 Å². The normalized spacial score (nSPS) is 16.1. The van der Waals surface area contributed by atoms with Crippen LogP contribution in [0, 0.1) is 19.8 Å². The number of sulfonamides is 1. The third-order valence-corrected chi connectivity index (χ3v) is 6.62. The fraction of sp³-hybridized carbons (Fsp3) is 0.650. The lowest BCUT2D eigenvalue weighted by Gasteiger charge is -2.35. The number of hydrogen-bond acceptors (Lipinski definition) is 4. The Kier molecular flexibility index (Phi) is 7.82. The highest BCUT2D eigenvalue weighted by atomic mass is 32.2. The second kappa shape index (κ2) is 9.66. The zero-order valence-electron chi connectivity index (χ0n) is 17.0. The molecule has 0 unspecified atom stereocenters. The predicted molar refractivity (Wildman–Crippen MR) is 108 cm³/mol. The number of amides is 1. The third-order valence-electron chi connectivity index (χ3n) is 5.00. The fourth-order valence-corrected chi connectivity index (χ4v) is 4.55. The van der Waals surface area contributed by atoms with Crippen molar-refractivity contribution in [3.05, 3.63) is 29.3 Å². The van der Waals surface area contributed by atoms with Crippen LogP contribution in [0.5, 0.6) is 0 Å². The van der Waals surface area contributed by atoms with Gasteiger partial charge in [0.15, 0.2) is 0 Å². The van der Waals surface area contributed by atoms with E-state index >= 15 is 0 Å². The minimum atomic E-state index is -3.59. The molecule has 2 rings (SSSR count). The van der Waals surface area contributed by atoms with Crippen LogP contribution in [0.25, 0.3) is 0 Å². The van der Waals surface area contributed by atoms with Gasteiger partial charge in [0.1, 0.15) is 0 Å². The fourth-order valence-electron chi connectivity index (χ4n) is 3.29. The van der Waals surface area contributed by atoms with E-state index in [0.29, 0.717) is 11.5 Å². The first-order valence-electron chi connectivity index (χ1n) is 9.76. The van der Waals surface area contributed by atoms with Crippen molar-refractivity contribution in [3.8, 4) is 0 Å². The summed E-state index contributed by atoms with van der Waals surface area (Å²) >= 11 is 0. The van der Waals surface area contributed by atoms with Gasteiger partial charge >= 0.3 is 0 Å². The standard InChI is InChI=1S/C20H33N3O3S/c1-16(2)8-10-22-11-13-23(14-12-22)20(24)7-9-21-27(25,26)19-6-5-17(3)15-18(19)4/h5-6,15-16,21H,7-14H2,1-4H3. The maximum atomic E-state index is 12.4. The van der Waals surface area contributed by atoms with Crippen molar-refractivity contribution < 1.29 is 13.2 Å². The molecule has 7 heteroatoms. The van der Waals surface area contributed by atoms with Gasteiger partial charge in [0.05, 0.1) is 4.90 Å². The number of benzene rings is 1. The molecule has 0 aliphatic carbocycles. The molecule has 0 spiro atoms. The Bertz CT molecular complexity index is 739. The van der Waals surface area contributed by atoms with Crippen molar-refractivity contribution in [2.75, 3.05) is 39.3 Å².